The number of nitrogens with zero attached hydrogens (tertiary/aromatic N) is 3. The van der Waals surface area contributed by atoms with Crippen LogP contribution >= 0.6 is 11.8 Å². The Morgan fingerprint density at radius 3 is 2.42 bits per heavy atom. The van der Waals surface area contributed by atoms with E-state index in [4.69, 9.17) is 4.74 Å². The van der Waals surface area contributed by atoms with Crippen LogP contribution in [0.3, 0.4) is 0 Å². The van der Waals surface area contributed by atoms with Crippen molar-refractivity contribution < 1.29 is 14.3 Å². The van der Waals surface area contributed by atoms with Gasteiger partial charge in [0.1, 0.15) is 11.6 Å². The van der Waals surface area contributed by atoms with E-state index in [1.807, 2.05) is 37.6 Å². The Morgan fingerprint density at radius 2 is 1.77 bits per heavy atom. The number of carbonyl (C=O) groups is 2. The molecule has 8 nitrogen and oxygen atoms in total. The second-order valence-electron chi connectivity index (χ2n) is 7.12. The number of thioether (sulfide) groups is 1. The number of rotatable bonds is 8. The first-order chi connectivity index (χ1) is 14.9. The highest BCUT2D eigenvalue weighted by atomic mass is 32.2. The van der Waals surface area contributed by atoms with Crippen molar-refractivity contribution in [2.45, 2.75) is 24.9 Å². The topological polar surface area (TPSA) is 98.1 Å². The van der Waals surface area contributed by atoms with Crippen LogP contribution < -0.4 is 15.4 Å². The molecule has 2 amide bonds. The lowest BCUT2D eigenvalue weighted by Crippen LogP contribution is -2.15. The molecule has 0 radical (unpaired) electrons. The van der Waals surface area contributed by atoms with Crippen molar-refractivity contribution in [3.63, 3.8) is 0 Å². The lowest BCUT2D eigenvalue weighted by molar-refractivity contribution is -0.113. The summed E-state index contributed by atoms with van der Waals surface area (Å²) in [5.74, 6) is 1.51. The maximum absolute atomic E-state index is 12.5. The van der Waals surface area contributed by atoms with Crippen LogP contribution in [0.5, 0.6) is 5.75 Å². The summed E-state index contributed by atoms with van der Waals surface area (Å²) < 4.78 is 7.15. The fourth-order valence-corrected chi connectivity index (χ4v) is 3.65. The summed E-state index contributed by atoms with van der Waals surface area (Å²) in [7, 11) is 3.44. The molecule has 1 aromatic heterocycles. The van der Waals surface area contributed by atoms with E-state index in [1.54, 1.807) is 43.5 Å². The molecule has 162 valence electrons. The number of nitrogens with one attached hydrogen (secondary N) is 2. The van der Waals surface area contributed by atoms with Gasteiger partial charge in [-0.25, -0.2) is 0 Å². The Morgan fingerprint density at radius 1 is 1.06 bits per heavy atom. The molecule has 0 bridgehead atoms. The molecule has 2 aromatic carbocycles. The molecule has 3 rings (SSSR count). The van der Waals surface area contributed by atoms with Crippen molar-refractivity contribution in [3.05, 3.63) is 59.9 Å². The van der Waals surface area contributed by atoms with Crippen LogP contribution in [0.15, 0.2) is 53.7 Å². The van der Waals surface area contributed by atoms with Crippen molar-refractivity contribution in [1.29, 1.82) is 0 Å². The molecule has 0 aliphatic carbocycles. The second kappa shape index (κ2) is 10.1. The van der Waals surface area contributed by atoms with E-state index >= 15 is 0 Å². The number of ether oxygens (including phenoxy) is 1. The minimum atomic E-state index is -0.263. The third kappa shape index (κ3) is 5.64. The largest absolute Gasteiger partial charge is 0.495 e. The molecule has 0 spiro atoms. The van der Waals surface area contributed by atoms with Gasteiger partial charge >= 0.3 is 0 Å². The van der Waals surface area contributed by atoms with Crippen LogP contribution in [0, 0.1) is 0 Å². The number of carbonyl (C=O) groups excluding carboxylic acids is 2. The normalized spacial score (nSPS) is 10.7. The fourth-order valence-electron chi connectivity index (χ4n) is 2.93. The van der Waals surface area contributed by atoms with Gasteiger partial charge in [0.25, 0.3) is 5.91 Å². The first-order valence-corrected chi connectivity index (χ1v) is 10.7. The van der Waals surface area contributed by atoms with Gasteiger partial charge in [-0.3, -0.25) is 9.59 Å². The van der Waals surface area contributed by atoms with Crippen LogP contribution in [0.4, 0.5) is 11.4 Å². The molecule has 0 fully saturated rings. The first kappa shape index (κ1) is 22.4. The van der Waals surface area contributed by atoms with E-state index in [9.17, 15) is 9.59 Å². The van der Waals surface area contributed by atoms with Crippen molar-refractivity contribution in [3.8, 4) is 5.75 Å². The van der Waals surface area contributed by atoms with Crippen molar-refractivity contribution >= 4 is 35.0 Å². The third-order valence-corrected chi connectivity index (χ3v) is 5.52. The SMILES string of the molecule is COc1ccccc1NC(=O)c1ccc(NC(=O)CSc2nnc(C(C)C)n2C)cc1. The van der Waals surface area contributed by atoms with Crippen molar-refractivity contribution in [1.82, 2.24) is 14.8 Å². The molecule has 1 heterocycles. The summed E-state index contributed by atoms with van der Waals surface area (Å²) in [6, 6.07) is 13.9. The zero-order chi connectivity index (χ0) is 22.4. The Balaban J connectivity index is 1.55. The molecule has 0 atom stereocenters. The minimum absolute atomic E-state index is 0.162. The highest BCUT2D eigenvalue weighted by Gasteiger charge is 2.14. The summed E-state index contributed by atoms with van der Waals surface area (Å²) in [4.78, 5) is 24.8. The smallest absolute Gasteiger partial charge is 0.255 e. The van der Waals surface area contributed by atoms with Crippen LogP contribution in [0.25, 0.3) is 0 Å². The molecule has 0 saturated heterocycles. The molecular weight excluding hydrogens is 414 g/mol. The van der Waals surface area contributed by atoms with E-state index in [1.165, 1.54) is 11.8 Å². The minimum Gasteiger partial charge on any atom is -0.495 e. The zero-order valence-electron chi connectivity index (χ0n) is 17.9. The number of para-hydroxylation sites is 2. The molecule has 0 unspecified atom stereocenters. The van der Waals surface area contributed by atoms with E-state index in [0.29, 0.717) is 27.8 Å². The van der Waals surface area contributed by atoms with Crippen LogP contribution in [-0.2, 0) is 11.8 Å². The zero-order valence-corrected chi connectivity index (χ0v) is 18.7. The monoisotopic (exact) mass is 439 g/mol. The molecule has 2 N–H and O–H groups in total. The Kier molecular flexibility index (Phi) is 7.30. The molecule has 0 aliphatic heterocycles. The highest BCUT2D eigenvalue weighted by molar-refractivity contribution is 7.99. The average Bonchev–Trinajstić information content (AvgIpc) is 3.13. The van der Waals surface area contributed by atoms with Crippen molar-refractivity contribution in [2.24, 2.45) is 7.05 Å². The molecular formula is C22H25N5O3S. The van der Waals surface area contributed by atoms with E-state index in [2.05, 4.69) is 20.8 Å². The second-order valence-corrected chi connectivity index (χ2v) is 8.07. The number of methoxy groups -OCH3 is 1. The predicted octanol–water partition coefficient (Wildman–Crippen LogP) is 3.93. The van der Waals surface area contributed by atoms with Crippen LogP contribution in [0.2, 0.25) is 0 Å². The number of benzene rings is 2. The van der Waals surface area contributed by atoms with E-state index in [0.717, 1.165) is 5.82 Å². The maximum atomic E-state index is 12.5. The Labute approximate surface area is 185 Å². The molecule has 0 saturated carbocycles. The number of amides is 2. The van der Waals surface area contributed by atoms with Gasteiger partial charge in [-0.1, -0.05) is 37.7 Å². The molecule has 9 heteroatoms. The van der Waals surface area contributed by atoms with Crippen LogP contribution in [0.1, 0.15) is 35.9 Å². The lowest BCUT2D eigenvalue weighted by atomic mass is 10.2. The summed E-state index contributed by atoms with van der Waals surface area (Å²) in [5, 5.41) is 14.6. The third-order valence-electron chi connectivity index (χ3n) is 4.50. The molecule has 0 aliphatic rings. The maximum Gasteiger partial charge on any atom is 0.255 e. The summed E-state index contributed by atoms with van der Waals surface area (Å²) >= 11 is 1.33. The van der Waals surface area contributed by atoms with Gasteiger partial charge < -0.3 is 19.9 Å². The van der Waals surface area contributed by atoms with Gasteiger partial charge in [-0.2, -0.15) is 0 Å². The summed E-state index contributed by atoms with van der Waals surface area (Å²) in [6.45, 7) is 4.09. The van der Waals surface area contributed by atoms with Gasteiger partial charge in [-0.15, -0.1) is 10.2 Å². The van der Waals surface area contributed by atoms with Gasteiger partial charge in [-0.05, 0) is 36.4 Å². The Hall–Kier alpha value is -3.33. The van der Waals surface area contributed by atoms with Crippen molar-refractivity contribution in [2.75, 3.05) is 23.5 Å². The van der Waals surface area contributed by atoms with Gasteiger partial charge in [0, 0.05) is 24.2 Å². The standard InChI is InChI=1S/C22H25N5O3S/c1-14(2)20-25-26-22(27(20)3)31-13-19(28)23-16-11-9-15(10-12-16)21(29)24-17-7-5-6-8-18(17)30-4/h5-12,14H,13H2,1-4H3,(H,23,28)(H,24,29). The van der Waals surface area contributed by atoms with Gasteiger partial charge in [0.15, 0.2) is 5.16 Å². The number of aromatic nitrogens is 3. The predicted molar refractivity (Wildman–Crippen MR) is 122 cm³/mol. The number of anilines is 2. The van der Waals surface area contributed by atoms with E-state index < -0.39 is 0 Å². The first-order valence-electron chi connectivity index (χ1n) is 9.75. The molecule has 3 aromatic rings. The lowest BCUT2D eigenvalue weighted by Gasteiger charge is -2.10. The summed E-state index contributed by atoms with van der Waals surface area (Å²) in [5.41, 5.74) is 1.67. The number of hydrogen-bond donors (Lipinski definition) is 2. The number of hydrogen-bond acceptors (Lipinski definition) is 6. The summed E-state index contributed by atoms with van der Waals surface area (Å²) in [6.07, 6.45) is 0. The van der Waals surface area contributed by atoms with E-state index in [-0.39, 0.29) is 23.5 Å². The fraction of sp³-hybridized carbons (Fsp3) is 0.273. The van der Waals surface area contributed by atoms with Gasteiger partial charge in [0.2, 0.25) is 5.91 Å². The Bertz CT molecular complexity index is 1060. The van der Waals surface area contributed by atoms with Gasteiger partial charge in [0.05, 0.1) is 18.6 Å². The van der Waals surface area contributed by atoms with Crippen LogP contribution in [-0.4, -0.2) is 39.4 Å². The quantitative estimate of drug-likeness (QED) is 0.516. The molecule has 31 heavy (non-hydrogen) atoms. The average molecular weight is 440 g/mol. The highest BCUT2D eigenvalue weighted by Crippen LogP contribution is 2.24.